The van der Waals surface area contributed by atoms with E-state index in [4.69, 9.17) is 16.8 Å². The minimum absolute atomic E-state index is 0.528. The van der Waals surface area contributed by atoms with Crippen LogP contribution in [-0.2, 0) is 0 Å². The highest BCUT2D eigenvalue weighted by Crippen LogP contribution is 2.11. The molecule has 0 atom stereocenters. The van der Waals surface area contributed by atoms with E-state index in [1.54, 1.807) is 18.2 Å². The molecule has 0 heterocycles. The van der Waals surface area contributed by atoms with Gasteiger partial charge in [-0.1, -0.05) is 28.9 Å². The minimum atomic E-state index is 0.528. The monoisotopic (exact) mass is 154 g/mol. The molecule has 2 nitrogen and oxygen atoms in total. The fourth-order valence-corrected chi connectivity index (χ4v) is 0.762. The first-order valence-electron chi connectivity index (χ1n) is 2.68. The van der Waals surface area contributed by atoms with Gasteiger partial charge in [-0.3, -0.25) is 0 Å². The predicted molar refractivity (Wildman–Crippen MR) is 39.7 cm³/mol. The number of rotatable bonds is 1. The van der Waals surface area contributed by atoms with Gasteiger partial charge in [-0.25, -0.2) is 0 Å². The van der Waals surface area contributed by atoms with Crippen LogP contribution in [0.2, 0.25) is 5.02 Å². The van der Waals surface area contributed by atoms with Crippen LogP contribution in [0.25, 0.3) is 0 Å². The molecule has 0 aromatic heterocycles. The largest absolute Gasteiger partial charge is 0.411 e. The second-order valence-corrected chi connectivity index (χ2v) is 2.08. The van der Waals surface area contributed by atoms with Crippen LogP contribution in [-0.4, -0.2) is 11.4 Å². The topological polar surface area (TPSA) is 32.6 Å². The first kappa shape index (κ1) is 7.09. The maximum Gasteiger partial charge on any atom is 0.0755 e. The van der Waals surface area contributed by atoms with Gasteiger partial charge in [-0.2, -0.15) is 0 Å². The van der Waals surface area contributed by atoms with Gasteiger partial charge < -0.3 is 5.21 Å². The van der Waals surface area contributed by atoms with Crippen molar-refractivity contribution in [3.05, 3.63) is 34.9 Å². The van der Waals surface area contributed by atoms with Crippen LogP contribution < -0.4 is 0 Å². The molecular weight excluding hydrogens is 150 g/mol. The number of nitrogens with zero attached hydrogens (tertiary/aromatic N) is 1. The highest BCUT2D eigenvalue weighted by molar-refractivity contribution is 6.33. The molecule has 0 saturated carbocycles. The standard InChI is InChI=1S/C7H5ClNO/c8-7-4-2-1-3-6(7)5-9-10/h1-2,4-5,10H. The average Bonchev–Trinajstić information content (AvgIpc) is 1.94. The van der Waals surface area contributed by atoms with E-state index in [9.17, 15) is 0 Å². The molecule has 1 N–H and O–H groups in total. The lowest BCUT2D eigenvalue weighted by Crippen LogP contribution is -1.81. The van der Waals surface area contributed by atoms with Gasteiger partial charge in [0.15, 0.2) is 0 Å². The van der Waals surface area contributed by atoms with Crippen molar-refractivity contribution in [3.63, 3.8) is 0 Å². The normalized spacial score (nSPS) is 10.5. The lowest BCUT2D eigenvalue weighted by molar-refractivity contribution is 0.322. The highest BCUT2D eigenvalue weighted by Gasteiger charge is 1.92. The quantitative estimate of drug-likeness (QED) is 0.374. The molecule has 1 radical (unpaired) electrons. The summed E-state index contributed by atoms with van der Waals surface area (Å²) in [6, 6.07) is 7.96. The van der Waals surface area contributed by atoms with Gasteiger partial charge in [-0.05, 0) is 12.1 Å². The minimum Gasteiger partial charge on any atom is -0.411 e. The molecule has 0 unspecified atom stereocenters. The van der Waals surface area contributed by atoms with Gasteiger partial charge in [-0.15, -0.1) is 0 Å². The van der Waals surface area contributed by atoms with E-state index in [-0.39, 0.29) is 0 Å². The van der Waals surface area contributed by atoms with E-state index in [2.05, 4.69) is 11.2 Å². The van der Waals surface area contributed by atoms with Crippen LogP contribution in [0.5, 0.6) is 0 Å². The van der Waals surface area contributed by atoms with Crippen molar-refractivity contribution in [2.24, 2.45) is 5.16 Å². The summed E-state index contributed by atoms with van der Waals surface area (Å²) in [5, 5.41) is 11.5. The lowest BCUT2D eigenvalue weighted by Gasteiger charge is -1.91. The van der Waals surface area contributed by atoms with E-state index in [0.717, 1.165) is 0 Å². The lowest BCUT2D eigenvalue weighted by atomic mass is 10.2. The number of benzene rings is 1. The SMILES string of the molecule is ON=Cc1[c]cccc1Cl. The number of oxime groups is 1. The first-order valence-corrected chi connectivity index (χ1v) is 3.06. The number of halogens is 1. The smallest absolute Gasteiger partial charge is 0.0755 e. The predicted octanol–water partition coefficient (Wildman–Crippen LogP) is 1.95. The Balaban J connectivity index is 3.03. The molecule has 3 heteroatoms. The molecule has 1 rings (SSSR count). The van der Waals surface area contributed by atoms with Gasteiger partial charge in [0.05, 0.1) is 11.2 Å². The summed E-state index contributed by atoms with van der Waals surface area (Å²) in [6.45, 7) is 0. The Bertz CT molecular complexity index is 247. The Morgan fingerprint density at radius 2 is 2.50 bits per heavy atom. The molecule has 0 spiro atoms. The molecule has 0 bridgehead atoms. The van der Waals surface area contributed by atoms with Gasteiger partial charge in [0.2, 0.25) is 0 Å². The van der Waals surface area contributed by atoms with E-state index in [0.29, 0.717) is 10.6 Å². The van der Waals surface area contributed by atoms with E-state index in [1.807, 2.05) is 0 Å². The number of hydrogen-bond donors (Lipinski definition) is 1. The summed E-state index contributed by atoms with van der Waals surface area (Å²) < 4.78 is 0. The third kappa shape index (κ3) is 1.48. The fourth-order valence-electron chi connectivity index (χ4n) is 0.586. The molecule has 0 amide bonds. The van der Waals surface area contributed by atoms with Gasteiger partial charge in [0, 0.05) is 5.56 Å². The molecule has 0 aliphatic heterocycles. The van der Waals surface area contributed by atoms with Crippen molar-refractivity contribution >= 4 is 17.8 Å². The Kier molecular flexibility index (Phi) is 2.29. The molecular formula is C7H5ClNO. The van der Waals surface area contributed by atoms with Crippen LogP contribution >= 0.6 is 11.6 Å². The van der Waals surface area contributed by atoms with Crippen molar-refractivity contribution in [1.82, 2.24) is 0 Å². The Labute approximate surface area is 63.7 Å². The summed E-state index contributed by atoms with van der Waals surface area (Å²) >= 11 is 5.67. The summed E-state index contributed by atoms with van der Waals surface area (Å²) in [5.41, 5.74) is 0.590. The zero-order valence-electron chi connectivity index (χ0n) is 5.08. The third-order valence-electron chi connectivity index (χ3n) is 1.02. The van der Waals surface area contributed by atoms with E-state index in [1.165, 1.54) is 6.21 Å². The molecule has 0 aliphatic carbocycles. The van der Waals surface area contributed by atoms with Crippen molar-refractivity contribution < 1.29 is 5.21 Å². The Hall–Kier alpha value is -1.02. The fraction of sp³-hybridized carbons (Fsp3) is 0. The zero-order valence-corrected chi connectivity index (χ0v) is 5.84. The third-order valence-corrected chi connectivity index (χ3v) is 1.35. The van der Waals surface area contributed by atoms with E-state index < -0.39 is 0 Å². The molecule has 0 fully saturated rings. The van der Waals surface area contributed by atoms with Crippen molar-refractivity contribution in [2.45, 2.75) is 0 Å². The Morgan fingerprint density at radius 1 is 1.70 bits per heavy atom. The highest BCUT2D eigenvalue weighted by atomic mass is 35.5. The molecule has 0 aliphatic rings. The van der Waals surface area contributed by atoms with Crippen LogP contribution in [0.3, 0.4) is 0 Å². The van der Waals surface area contributed by atoms with Crippen LogP contribution in [0.1, 0.15) is 5.56 Å². The van der Waals surface area contributed by atoms with Crippen molar-refractivity contribution in [1.29, 1.82) is 0 Å². The maximum atomic E-state index is 8.13. The molecule has 1 aromatic carbocycles. The Morgan fingerprint density at radius 3 is 3.10 bits per heavy atom. The second kappa shape index (κ2) is 3.22. The van der Waals surface area contributed by atoms with Crippen molar-refractivity contribution in [2.75, 3.05) is 0 Å². The average molecular weight is 155 g/mol. The molecule has 1 aromatic rings. The summed E-state index contributed by atoms with van der Waals surface area (Å²) in [4.78, 5) is 0. The summed E-state index contributed by atoms with van der Waals surface area (Å²) in [7, 11) is 0. The van der Waals surface area contributed by atoms with Gasteiger partial charge in [0.25, 0.3) is 0 Å². The van der Waals surface area contributed by atoms with Crippen LogP contribution in [0, 0.1) is 6.07 Å². The van der Waals surface area contributed by atoms with Crippen LogP contribution in [0.15, 0.2) is 23.4 Å². The molecule has 0 saturated heterocycles. The van der Waals surface area contributed by atoms with Gasteiger partial charge >= 0.3 is 0 Å². The molecule has 51 valence electrons. The second-order valence-electron chi connectivity index (χ2n) is 1.68. The zero-order chi connectivity index (χ0) is 7.40. The maximum absolute atomic E-state index is 8.13. The van der Waals surface area contributed by atoms with Gasteiger partial charge in [0.1, 0.15) is 0 Å². The molecule has 10 heavy (non-hydrogen) atoms. The summed E-state index contributed by atoms with van der Waals surface area (Å²) in [6.07, 6.45) is 1.24. The number of hydrogen-bond acceptors (Lipinski definition) is 2. The summed E-state index contributed by atoms with van der Waals surface area (Å²) in [5.74, 6) is 0. The van der Waals surface area contributed by atoms with Crippen LogP contribution in [0.4, 0.5) is 0 Å². The van der Waals surface area contributed by atoms with Crippen molar-refractivity contribution in [3.8, 4) is 0 Å². The first-order chi connectivity index (χ1) is 4.84. The van der Waals surface area contributed by atoms with E-state index >= 15 is 0 Å².